The molecule has 0 aromatic heterocycles. The van der Waals surface area contributed by atoms with Crippen molar-refractivity contribution in [2.24, 2.45) is 5.92 Å². The van der Waals surface area contributed by atoms with Gasteiger partial charge in [-0.3, -0.25) is 0 Å². The molecule has 0 amide bonds. The van der Waals surface area contributed by atoms with Gasteiger partial charge in [0.25, 0.3) is 0 Å². The van der Waals surface area contributed by atoms with Crippen LogP contribution in [-0.2, 0) is 12.8 Å². The normalized spacial score (nSPS) is 11.1. The molecule has 0 aliphatic rings. The summed E-state index contributed by atoms with van der Waals surface area (Å²) >= 11 is 0. The summed E-state index contributed by atoms with van der Waals surface area (Å²) in [7, 11) is 0. The highest BCUT2D eigenvalue weighted by molar-refractivity contribution is 5.26. The van der Waals surface area contributed by atoms with Gasteiger partial charge in [0.05, 0.1) is 0 Å². The van der Waals surface area contributed by atoms with Gasteiger partial charge in [-0.1, -0.05) is 45.0 Å². The van der Waals surface area contributed by atoms with Crippen molar-refractivity contribution in [3.8, 4) is 0 Å². The van der Waals surface area contributed by atoms with Crippen molar-refractivity contribution in [3.63, 3.8) is 0 Å². The molecule has 17 heavy (non-hydrogen) atoms. The fourth-order valence-electron chi connectivity index (χ4n) is 2.10. The van der Waals surface area contributed by atoms with E-state index in [9.17, 15) is 0 Å². The quantitative estimate of drug-likeness (QED) is 0.673. The SMILES string of the molecule is CCc1ccccc1CCCCNCC(C)C. The number of unbranched alkanes of at least 4 members (excludes halogenated alkanes) is 1. The Hall–Kier alpha value is -0.820. The van der Waals surface area contributed by atoms with Crippen LogP contribution in [0.4, 0.5) is 0 Å². The molecular weight excluding hydrogens is 206 g/mol. The Bertz CT molecular complexity index is 304. The second kappa shape index (κ2) is 8.30. The van der Waals surface area contributed by atoms with Crippen molar-refractivity contribution in [2.75, 3.05) is 13.1 Å². The largest absolute Gasteiger partial charge is 0.316 e. The van der Waals surface area contributed by atoms with Gasteiger partial charge in [0, 0.05) is 0 Å². The highest BCUT2D eigenvalue weighted by atomic mass is 14.8. The van der Waals surface area contributed by atoms with Crippen molar-refractivity contribution in [2.45, 2.75) is 46.5 Å². The fourth-order valence-corrected chi connectivity index (χ4v) is 2.10. The first-order chi connectivity index (χ1) is 8.24. The Morgan fingerprint density at radius 2 is 1.76 bits per heavy atom. The van der Waals surface area contributed by atoms with E-state index in [1.165, 1.54) is 24.8 Å². The van der Waals surface area contributed by atoms with Crippen LogP contribution < -0.4 is 5.32 Å². The summed E-state index contributed by atoms with van der Waals surface area (Å²) in [5.74, 6) is 0.760. The Kier molecular flexibility index (Phi) is 6.95. The maximum atomic E-state index is 3.50. The molecule has 1 aromatic rings. The zero-order valence-electron chi connectivity index (χ0n) is 11.6. The van der Waals surface area contributed by atoms with Crippen LogP contribution in [-0.4, -0.2) is 13.1 Å². The lowest BCUT2D eigenvalue weighted by atomic mass is 10.0. The summed E-state index contributed by atoms with van der Waals surface area (Å²) in [5, 5.41) is 3.50. The topological polar surface area (TPSA) is 12.0 Å². The lowest BCUT2D eigenvalue weighted by molar-refractivity contribution is 0.535. The van der Waals surface area contributed by atoms with Crippen molar-refractivity contribution in [1.82, 2.24) is 5.32 Å². The van der Waals surface area contributed by atoms with E-state index in [4.69, 9.17) is 0 Å². The van der Waals surface area contributed by atoms with Gasteiger partial charge >= 0.3 is 0 Å². The zero-order chi connectivity index (χ0) is 12.5. The second-order valence-electron chi connectivity index (χ2n) is 5.18. The number of rotatable bonds is 8. The second-order valence-corrected chi connectivity index (χ2v) is 5.18. The van der Waals surface area contributed by atoms with Crippen LogP contribution in [0.1, 0.15) is 44.7 Å². The Morgan fingerprint density at radius 1 is 1.06 bits per heavy atom. The lowest BCUT2D eigenvalue weighted by Crippen LogP contribution is -2.20. The zero-order valence-corrected chi connectivity index (χ0v) is 11.6. The average Bonchev–Trinajstić information content (AvgIpc) is 2.33. The van der Waals surface area contributed by atoms with E-state index in [2.05, 4.69) is 50.4 Å². The van der Waals surface area contributed by atoms with Crippen molar-refractivity contribution in [1.29, 1.82) is 0 Å². The number of benzene rings is 1. The molecule has 96 valence electrons. The van der Waals surface area contributed by atoms with E-state index in [-0.39, 0.29) is 0 Å². The third kappa shape index (κ3) is 5.88. The van der Waals surface area contributed by atoms with E-state index in [0.29, 0.717) is 0 Å². The smallest absolute Gasteiger partial charge is 0.00258 e. The summed E-state index contributed by atoms with van der Waals surface area (Å²) in [6.45, 7) is 9.05. The minimum absolute atomic E-state index is 0.760. The molecule has 0 unspecified atom stereocenters. The van der Waals surface area contributed by atoms with Crippen molar-refractivity contribution in [3.05, 3.63) is 35.4 Å². The van der Waals surface area contributed by atoms with Gasteiger partial charge in [0.15, 0.2) is 0 Å². The maximum Gasteiger partial charge on any atom is -0.00258 e. The third-order valence-electron chi connectivity index (χ3n) is 3.10. The standard InChI is InChI=1S/C16H27N/c1-4-15-9-5-6-10-16(15)11-7-8-12-17-13-14(2)3/h5-6,9-10,14,17H,4,7-8,11-13H2,1-3H3. The van der Waals surface area contributed by atoms with Gasteiger partial charge in [0.2, 0.25) is 0 Å². The van der Waals surface area contributed by atoms with Gasteiger partial charge in [-0.25, -0.2) is 0 Å². The van der Waals surface area contributed by atoms with E-state index in [1.54, 1.807) is 5.56 Å². The third-order valence-corrected chi connectivity index (χ3v) is 3.10. The van der Waals surface area contributed by atoms with Crippen LogP contribution in [0.5, 0.6) is 0 Å². The molecule has 0 saturated carbocycles. The van der Waals surface area contributed by atoms with Crippen molar-refractivity contribution >= 4 is 0 Å². The van der Waals surface area contributed by atoms with Crippen LogP contribution in [0.25, 0.3) is 0 Å². The molecule has 0 radical (unpaired) electrons. The van der Waals surface area contributed by atoms with Crippen LogP contribution >= 0.6 is 0 Å². The summed E-state index contributed by atoms with van der Waals surface area (Å²) < 4.78 is 0. The van der Waals surface area contributed by atoms with Gasteiger partial charge < -0.3 is 5.32 Å². The van der Waals surface area contributed by atoms with Crippen LogP contribution in [0.3, 0.4) is 0 Å². The lowest BCUT2D eigenvalue weighted by Gasteiger charge is -2.09. The molecule has 0 heterocycles. The molecule has 1 nitrogen and oxygen atoms in total. The highest BCUT2D eigenvalue weighted by Gasteiger charge is 1.99. The molecule has 0 atom stereocenters. The van der Waals surface area contributed by atoms with Gasteiger partial charge in [-0.15, -0.1) is 0 Å². The predicted octanol–water partition coefficient (Wildman–Crippen LogP) is 3.82. The molecule has 0 fully saturated rings. The first kappa shape index (κ1) is 14.2. The van der Waals surface area contributed by atoms with E-state index >= 15 is 0 Å². The van der Waals surface area contributed by atoms with Crippen LogP contribution in [0, 0.1) is 5.92 Å². The molecule has 1 rings (SSSR count). The first-order valence-corrected chi connectivity index (χ1v) is 7.01. The van der Waals surface area contributed by atoms with Crippen LogP contribution in [0.15, 0.2) is 24.3 Å². The number of nitrogens with one attached hydrogen (secondary N) is 1. The van der Waals surface area contributed by atoms with E-state index in [1.807, 2.05) is 0 Å². The monoisotopic (exact) mass is 233 g/mol. The average molecular weight is 233 g/mol. The number of hydrogen-bond donors (Lipinski definition) is 1. The van der Waals surface area contributed by atoms with Gasteiger partial charge in [-0.2, -0.15) is 0 Å². The summed E-state index contributed by atoms with van der Waals surface area (Å²) in [4.78, 5) is 0. The summed E-state index contributed by atoms with van der Waals surface area (Å²) in [5.41, 5.74) is 3.06. The van der Waals surface area contributed by atoms with E-state index in [0.717, 1.165) is 25.4 Å². The minimum Gasteiger partial charge on any atom is -0.316 e. The predicted molar refractivity (Wildman–Crippen MR) is 76.5 cm³/mol. The summed E-state index contributed by atoms with van der Waals surface area (Å²) in [6.07, 6.45) is 4.96. The Balaban J connectivity index is 2.17. The van der Waals surface area contributed by atoms with Crippen LogP contribution in [0.2, 0.25) is 0 Å². The molecule has 1 N–H and O–H groups in total. The van der Waals surface area contributed by atoms with Crippen molar-refractivity contribution < 1.29 is 0 Å². The molecule has 0 saturated heterocycles. The molecule has 0 bridgehead atoms. The highest BCUT2D eigenvalue weighted by Crippen LogP contribution is 2.12. The Labute approximate surface area is 107 Å². The molecule has 0 spiro atoms. The molecule has 1 heteroatoms. The Morgan fingerprint density at radius 3 is 2.41 bits per heavy atom. The van der Waals surface area contributed by atoms with Gasteiger partial charge in [-0.05, 0) is 55.8 Å². The van der Waals surface area contributed by atoms with E-state index < -0.39 is 0 Å². The molecular formula is C16H27N. The van der Waals surface area contributed by atoms with Gasteiger partial charge in [0.1, 0.15) is 0 Å². The number of hydrogen-bond acceptors (Lipinski definition) is 1. The maximum absolute atomic E-state index is 3.50. The first-order valence-electron chi connectivity index (χ1n) is 7.01. The fraction of sp³-hybridized carbons (Fsp3) is 0.625. The summed E-state index contributed by atoms with van der Waals surface area (Å²) in [6, 6.07) is 8.84. The molecule has 0 aliphatic heterocycles. The minimum atomic E-state index is 0.760. The number of aryl methyl sites for hydroxylation is 2. The molecule has 0 aliphatic carbocycles. The molecule has 1 aromatic carbocycles.